The van der Waals surface area contributed by atoms with E-state index in [1.165, 1.54) is 16.7 Å². The third-order valence-electron chi connectivity index (χ3n) is 4.87. The zero-order valence-electron chi connectivity index (χ0n) is 12.9. The molecule has 0 spiro atoms. The van der Waals surface area contributed by atoms with Crippen molar-refractivity contribution < 1.29 is 0 Å². The van der Waals surface area contributed by atoms with Crippen molar-refractivity contribution in [3.63, 3.8) is 0 Å². The van der Waals surface area contributed by atoms with Gasteiger partial charge in [0.05, 0.1) is 0 Å². The molecule has 1 fully saturated rings. The predicted molar refractivity (Wildman–Crippen MR) is 101 cm³/mol. The van der Waals surface area contributed by atoms with Crippen molar-refractivity contribution in [1.82, 2.24) is 10.2 Å². The van der Waals surface area contributed by atoms with E-state index in [0.717, 1.165) is 31.9 Å². The number of benzene rings is 2. The summed E-state index contributed by atoms with van der Waals surface area (Å²) in [5, 5.41) is 3.52. The number of nitrogens with two attached hydrogens (primary N) is 1. The highest BCUT2D eigenvalue weighted by Gasteiger charge is 2.35. The number of halogens is 2. The maximum absolute atomic E-state index is 6.25. The Hall–Kier alpha value is -1.26. The molecule has 23 heavy (non-hydrogen) atoms. The second-order valence-corrected chi connectivity index (χ2v) is 6.03. The molecular weight excluding hydrogens is 329 g/mol. The van der Waals surface area contributed by atoms with Crippen LogP contribution in [0.5, 0.6) is 0 Å². The molecule has 0 aliphatic carbocycles. The van der Waals surface area contributed by atoms with Gasteiger partial charge in [0.1, 0.15) is 0 Å². The third kappa shape index (κ3) is 3.20. The van der Waals surface area contributed by atoms with Crippen LogP contribution < -0.4 is 11.1 Å². The van der Waals surface area contributed by atoms with Gasteiger partial charge in [-0.3, -0.25) is 4.90 Å². The second-order valence-electron chi connectivity index (χ2n) is 6.03. The molecule has 1 saturated heterocycles. The number of para-hydroxylation sites is 1. The second kappa shape index (κ2) is 7.54. The maximum Gasteiger partial charge on any atom is 0.0476 e. The van der Waals surface area contributed by atoms with Crippen LogP contribution in [0, 0.1) is 0 Å². The van der Waals surface area contributed by atoms with E-state index in [1.54, 1.807) is 0 Å². The minimum absolute atomic E-state index is 0. The Morgan fingerprint density at radius 3 is 2.30 bits per heavy atom. The fourth-order valence-electron chi connectivity index (χ4n) is 3.83. The summed E-state index contributed by atoms with van der Waals surface area (Å²) in [5.41, 5.74) is 11.3. The lowest BCUT2D eigenvalue weighted by Gasteiger charge is -2.44. The number of hydrogen-bond acceptors (Lipinski definition) is 3. The van der Waals surface area contributed by atoms with Gasteiger partial charge in [-0.25, -0.2) is 0 Å². The maximum atomic E-state index is 6.25. The summed E-state index contributed by atoms with van der Waals surface area (Å²) in [5.74, 6) is 0.386. The number of rotatable bonds is 1. The number of nitrogens with zero attached hydrogens (tertiary/aromatic N) is 1. The normalized spacial score (nSPS) is 23.0. The standard InChI is InChI=1S/C18H21N3.2ClH/c19-17-8-4-3-6-14(17)16-12-21-10-9-20-11-18(21)15-7-2-1-5-13(15)16;;/h1-8,16,18,20H,9-12,19H2;2*1H. The molecule has 4 rings (SSSR count). The van der Waals surface area contributed by atoms with E-state index in [9.17, 15) is 0 Å². The molecule has 2 aromatic rings. The Bertz CT molecular complexity index is 662. The Kier molecular flexibility index (Phi) is 5.93. The minimum Gasteiger partial charge on any atom is -0.398 e. The highest BCUT2D eigenvalue weighted by atomic mass is 35.5. The number of piperazine rings is 1. The Morgan fingerprint density at radius 2 is 1.57 bits per heavy atom. The quantitative estimate of drug-likeness (QED) is 0.775. The first kappa shape index (κ1) is 18.1. The molecule has 3 N–H and O–H groups in total. The molecule has 0 amide bonds. The highest BCUT2D eigenvalue weighted by molar-refractivity contribution is 5.85. The van der Waals surface area contributed by atoms with E-state index in [-0.39, 0.29) is 24.8 Å². The van der Waals surface area contributed by atoms with Crippen LogP contribution in [-0.4, -0.2) is 31.1 Å². The fraction of sp³-hybridized carbons (Fsp3) is 0.333. The van der Waals surface area contributed by atoms with Gasteiger partial charge < -0.3 is 11.1 Å². The van der Waals surface area contributed by atoms with Crippen LogP contribution in [0.1, 0.15) is 28.7 Å². The van der Waals surface area contributed by atoms with Gasteiger partial charge >= 0.3 is 0 Å². The molecule has 2 aromatic carbocycles. The van der Waals surface area contributed by atoms with Crippen LogP contribution >= 0.6 is 24.8 Å². The van der Waals surface area contributed by atoms with Crippen molar-refractivity contribution in [2.75, 3.05) is 31.9 Å². The summed E-state index contributed by atoms with van der Waals surface area (Å²) in [4.78, 5) is 2.61. The number of anilines is 1. The zero-order valence-corrected chi connectivity index (χ0v) is 14.6. The van der Waals surface area contributed by atoms with Gasteiger partial charge in [0, 0.05) is 43.8 Å². The topological polar surface area (TPSA) is 41.3 Å². The van der Waals surface area contributed by atoms with Crippen LogP contribution in [0.2, 0.25) is 0 Å². The van der Waals surface area contributed by atoms with Gasteiger partial charge in [0.2, 0.25) is 0 Å². The Morgan fingerprint density at radius 1 is 0.913 bits per heavy atom. The minimum atomic E-state index is 0. The van der Waals surface area contributed by atoms with Crippen LogP contribution in [0.15, 0.2) is 48.5 Å². The van der Waals surface area contributed by atoms with Crippen molar-refractivity contribution in [1.29, 1.82) is 0 Å². The monoisotopic (exact) mass is 351 g/mol. The molecule has 0 saturated carbocycles. The van der Waals surface area contributed by atoms with Gasteiger partial charge in [0.25, 0.3) is 0 Å². The predicted octanol–water partition coefficient (Wildman–Crippen LogP) is 3.20. The van der Waals surface area contributed by atoms with E-state index >= 15 is 0 Å². The molecule has 3 nitrogen and oxygen atoms in total. The first-order valence-electron chi connectivity index (χ1n) is 7.72. The summed E-state index contributed by atoms with van der Waals surface area (Å²) < 4.78 is 0. The number of nitrogen functional groups attached to an aromatic ring is 1. The fourth-order valence-corrected chi connectivity index (χ4v) is 3.83. The van der Waals surface area contributed by atoms with Crippen LogP contribution in [0.3, 0.4) is 0 Å². The molecule has 5 heteroatoms. The molecule has 0 radical (unpaired) electrons. The SMILES string of the molecule is Cl.Cl.Nc1ccccc1C1CN2CCNCC2c2ccccc21. The summed E-state index contributed by atoms with van der Waals surface area (Å²) in [7, 11) is 0. The summed E-state index contributed by atoms with van der Waals surface area (Å²) in [6.07, 6.45) is 0. The van der Waals surface area contributed by atoms with E-state index in [4.69, 9.17) is 5.73 Å². The highest BCUT2D eigenvalue weighted by Crippen LogP contribution is 2.41. The van der Waals surface area contributed by atoms with Gasteiger partial charge in [-0.05, 0) is 22.8 Å². The Balaban J connectivity index is 0.000000960. The van der Waals surface area contributed by atoms with E-state index in [2.05, 4.69) is 46.6 Å². The van der Waals surface area contributed by atoms with Gasteiger partial charge in [-0.15, -0.1) is 24.8 Å². The molecule has 2 heterocycles. The number of hydrogen-bond donors (Lipinski definition) is 2. The van der Waals surface area contributed by atoms with Crippen molar-refractivity contribution in [3.8, 4) is 0 Å². The van der Waals surface area contributed by atoms with E-state index in [0.29, 0.717) is 12.0 Å². The molecule has 2 unspecified atom stereocenters. The van der Waals surface area contributed by atoms with E-state index < -0.39 is 0 Å². The number of fused-ring (bicyclic) bond motifs is 3. The molecule has 124 valence electrons. The first-order chi connectivity index (χ1) is 10.3. The molecule has 0 aromatic heterocycles. The van der Waals surface area contributed by atoms with Crippen LogP contribution in [0.25, 0.3) is 0 Å². The average molecular weight is 352 g/mol. The van der Waals surface area contributed by atoms with E-state index in [1.807, 2.05) is 12.1 Å². The molecule has 2 aliphatic rings. The lowest BCUT2D eigenvalue weighted by molar-refractivity contribution is 0.143. The van der Waals surface area contributed by atoms with Gasteiger partial charge in [-0.2, -0.15) is 0 Å². The van der Waals surface area contributed by atoms with Crippen molar-refractivity contribution in [2.24, 2.45) is 0 Å². The van der Waals surface area contributed by atoms with Crippen molar-refractivity contribution in [3.05, 3.63) is 65.2 Å². The largest absolute Gasteiger partial charge is 0.398 e. The van der Waals surface area contributed by atoms with Crippen LogP contribution in [-0.2, 0) is 0 Å². The lowest BCUT2D eigenvalue weighted by atomic mass is 9.80. The van der Waals surface area contributed by atoms with Crippen molar-refractivity contribution in [2.45, 2.75) is 12.0 Å². The molecule has 2 aliphatic heterocycles. The smallest absolute Gasteiger partial charge is 0.0476 e. The molecular formula is C18H23Cl2N3. The summed E-state index contributed by atoms with van der Waals surface area (Å²) >= 11 is 0. The first-order valence-corrected chi connectivity index (χ1v) is 7.72. The summed E-state index contributed by atoms with van der Waals surface area (Å²) in [6, 6.07) is 17.7. The number of nitrogens with one attached hydrogen (secondary N) is 1. The average Bonchev–Trinajstić information content (AvgIpc) is 2.55. The van der Waals surface area contributed by atoms with Crippen LogP contribution in [0.4, 0.5) is 5.69 Å². The molecule has 2 atom stereocenters. The molecule has 0 bridgehead atoms. The van der Waals surface area contributed by atoms with Crippen molar-refractivity contribution >= 4 is 30.5 Å². The third-order valence-corrected chi connectivity index (χ3v) is 4.87. The van der Waals surface area contributed by atoms with Gasteiger partial charge in [-0.1, -0.05) is 42.5 Å². The summed E-state index contributed by atoms with van der Waals surface area (Å²) in [6.45, 7) is 4.31. The zero-order chi connectivity index (χ0) is 14.2. The van der Waals surface area contributed by atoms with Gasteiger partial charge in [0.15, 0.2) is 0 Å². The lowest BCUT2D eigenvalue weighted by Crippen LogP contribution is -2.50. The Labute approximate surface area is 150 Å².